The molecule has 0 bridgehead atoms. The monoisotopic (exact) mass is 223 g/mol. The highest BCUT2D eigenvalue weighted by Crippen LogP contribution is 2.15. The van der Waals surface area contributed by atoms with Crippen molar-refractivity contribution in [1.82, 2.24) is 15.4 Å². The van der Waals surface area contributed by atoms with Crippen LogP contribution in [0.3, 0.4) is 0 Å². The van der Waals surface area contributed by atoms with E-state index in [9.17, 15) is 0 Å². The first-order valence-corrected chi connectivity index (χ1v) is 5.97. The maximum absolute atomic E-state index is 4.07. The molecule has 0 saturated carbocycles. The maximum atomic E-state index is 4.07. The zero-order valence-electron chi connectivity index (χ0n) is 10.6. The van der Waals surface area contributed by atoms with Gasteiger partial charge in [-0.15, -0.1) is 10.2 Å². The van der Waals surface area contributed by atoms with Crippen LogP contribution in [0.25, 0.3) is 0 Å². The van der Waals surface area contributed by atoms with E-state index in [1.165, 1.54) is 0 Å². The Balaban J connectivity index is 2.93. The lowest BCUT2D eigenvalue weighted by Crippen LogP contribution is -2.27. The van der Waals surface area contributed by atoms with Crippen LogP contribution in [-0.2, 0) is 0 Å². The lowest BCUT2D eigenvalue weighted by Gasteiger charge is -2.22. The minimum atomic E-state index is 0.905. The SMILES string of the molecule is CCN(CC)c1cc(N(CC)CC)nnn1. The Morgan fingerprint density at radius 2 is 1.19 bits per heavy atom. The molecule has 0 aliphatic carbocycles. The molecule has 5 heteroatoms. The second-order valence-corrected chi connectivity index (χ2v) is 3.49. The number of rotatable bonds is 6. The zero-order chi connectivity index (χ0) is 12.0. The Bertz CT molecular complexity index is 280. The van der Waals surface area contributed by atoms with Gasteiger partial charge in [-0.05, 0) is 32.9 Å². The third-order valence-electron chi connectivity index (χ3n) is 2.73. The summed E-state index contributed by atoms with van der Waals surface area (Å²) >= 11 is 0. The molecule has 0 fully saturated rings. The van der Waals surface area contributed by atoms with E-state index in [0.717, 1.165) is 37.8 Å². The Labute approximate surface area is 97.5 Å². The Hall–Kier alpha value is -1.39. The summed E-state index contributed by atoms with van der Waals surface area (Å²) in [5.74, 6) is 1.81. The highest BCUT2D eigenvalue weighted by Gasteiger charge is 2.09. The van der Waals surface area contributed by atoms with Gasteiger partial charge in [-0.3, -0.25) is 0 Å². The van der Waals surface area contributed by atoms with Crippen LogP contribution >= 0.6 is 0 Å². The van der Waals surface area contributed by atoms with Crippen LogP contribution < -0.4 is 9.80 Å². The predicted molar refractivity (Wildman–Crippen MR) is 66.9 cm³/mol. The zero-order valence-corrected chi connectivity index (χ0v) is 10.6. The fourth-order valence-corrected chi connectivity index (χ4v) is 1.69. The topological polar surface area (TPSA) is 45.2 Å². The average molecular weight is 223 g/mol. The third kappa shape index (κ3) is 2.81. The largest absolute Gasteiger partial charge is 0.356 e. The Morgan fingerprint density at radius 1 is 0.812 bits per heavy atom. The van der Waals surface area contributed by atoms with Gasteiger partial charge >= 0.3 is 0 Å². The van der Waals surface area contributed by atoms with Gasteiger partial charge in [0.05, 0.1) is 0 Å². The summed E-state index contributed by atoms with van der Waals surface area (Å²) in [7, 11) is 0. The Kier molecular flexibility index (Phi) is 4.95. The molecule has 1 rings (SSSR count). The molecule has 16 heavy (non-hydrogen) atoms. The summed E-state index contributed by atoms with van der Waals surface area (Å²) in [5, 5.41) is 12.0. The molecule has 90 valence electrons. The first kappa shape index (κ1) is 12.7. The molecular weight excluding hydrogens is 202 g/mol. The first-order valence-electron chi connectivity index (χ1n) is 5.97. The van der Waals surface area contributed by atoms with Gasteiger partial charge < -0.3 is 9.80 Å². The number of anilines is 2. The fraction of sp³-hybridized carbons (Fsp3) is 0.727. The molecule has 1 aromatic rings. The van der Waals surface area contributed by atoms with E-state index in [1.54, 1.807) is 0 Å². The van der Waals surface area contributed by atoms with Crippen molar-refractivity contribution < 1.29 is 0 Å². The van der Waals surface area contributed by atoms with E-state index in [2.05, 4.69) is 52.9 Å². The lowest BCUT2D eigenvalue weighted by atomic mass is 10.4. The van der Waals surface area contributed by atoms with Gasteiger partial charge in [0.25, 0.3) is 0 Å². The molecule has 0 saturated heterocycles. The van der Waals surface area contributed by atoms with Gasteiger partial charge in [0.15, 0.2) is 11.6 Å². The summed E-state index contributed by atoms with van der Waals surface area (Å²) < 4.78 is 0. The molecule has 0 amide bonds. The van der Waals surface area contributed by atoms with Crippen molar-refractivity contribution in [3.05, 3.63) is 6.07 Å². The molecule has 0 unspecified atom stereocenters. The van der Waals surface area contributed by atoms with Crippen molar-refractivity contribution in [2.75, 3.05) is 36.0 Å². The minimum absolute atomic E-state index is 0.905. The molecule has 1 heterocycles. The van der Waals surface area contributed by atoms with Crippen LogP contribution in [0.15, 0.2) is 6.07 Å². The smallest absolute Gasteiger partial charge is 0.156 e. The van der Waals surface area contributed by atoms with Crippen molar-refractivity contribution in [3.8, 4) is 0 Å². The number of hydrogen-bond donors (Lipinski definition) is 0. The highest BCUT2D eigenvalue weighted by atomic mass is 15.4. The third-order valence-corrected chi connectivity index (χ3v) is 2.73. The quantitative estimate of drug-likeness (QED) is 0.732. The lowest BCUT2D eigenvalue weighted by molar-refractivity contribution is 0.758. The molecule has 0 spiro atoms. The Morgan fingerprint density at radius 3 is 1.50 bits per heavy atom. The van der Waals surface area contributed by atoms with Crippen molar-refractivity contribution in [2.45, 2.75) is 27.7 Å². The molecule has 0 N–H and O–H groups in total. The minimum Gasteiger partial charge on any atom is -0.356 e. The van der Waals surface area contributed by atoms with Gasteiger partial charge in [0.2, 0.25) is 0 Å². The normalized spacial score (nSPS) is 10.2. The summed E-state index contributed by atoms with van der Waals surface area (Å²) in [6.45, 7) is 12.2. The fourth-order valence-electron chi connectivity index (χ4n) is 1.69. The van der Waals surface area contributed by atoms with Crippen molar-refractivity contribution in [3.63, 3.8) is 0 Å². The molecular formula is C11H21N5. The van der Waals surface area contributed by atoms with E-state index in [0.29, 0.717) is 0 Å². The van der Waals surface area contributed by atoms with Gasteiger partial charge in [0.1, 0.15) is 0 Å². The van der Waals surface area contributed by atoms with Gasteiger partial charge in [-0.1, -0.05) is 0 Å². The number of nitrogens with zero attached hydrogens (tertiary/aromatic N) is 5. The summed E-state index contributed by atoms with van der Waals surface area (Å²) in [6.07, 6.45) is 0. The van der Waals surface area contributed by atoms with Crippen LogP contribution in [0.1, 0.15) is 27.7 Å². The van der Waals surface area contributed by atoms with Crippen LogP contribution in [0.5, 0.6) is 0 Å². The van der Waals surface area contributed by atoms with Crippen LogP contribution in [0.4, 0.5) is 11.6 Å². The predicted octanol–water partition coefficient (Wildman–Crippen LogP) is 1.56. The molecule has 0 atom stereocenters. The summed E-state index contributed by atoms with van der Waals surface area (Å²) in [6, 6.07) is 2.01. The van der Waals surface area contributed by atoms with Crippen molar-refractivity contribution in [1.29, 1.82) is 0 Å². The average Bonchev–Trinajstić information content (AvgIpc) is 2.33. The van der Waals surface area contributed by atoms with Crippen molar-refractivity contribution in [2.24, 2.45) is 0 Å². The van der Waals surface area contributed by atoms with Crippen molar-refractivity contribution >= 4 is 11.6 Å². The van der Waals surface area contributed by atoms with E-state index < -0.39 is 0 Å². The van der Waals surface area contributed by atoms with Crippen LogP contribution in [0, 0.1) is 0 Å². The molecule has 0 radical (unpaired) electrons. The number of hydrogen-bond acceptors (Lipinski definition) is 5. The summed E-state index contributed by atoms with van der Waals surface area (Å²) in [4.78, 5) is 4.34. The van der Waals surface area contributed by atoms with E-state index in [1.807, 2.05) is 6.07 Å². The highest BCUT2D eigenvalue weighted by molar-refractivity contribution is 5.48. The van der Waals surface area contributed by atoms with Crippen LogP contribution in [0.2, 0.25) is 0 Å². The van der Waals surface area contributed by atoms with Gasteiger partial charge in [-0.2, -0.15) is 0 Å². The first-order chi connectivity index (χ1) is 7.76. The van der Waals surface area contributed by atoms with E-state index in [-0.39, 0.29) is 0 Å². The number of aromatic nitrogens is 3. The van der Waals surface area contributed by atoms with E-state index in [4.69, 9.17) is 0 Å². The maximum Gasteiger partial charge on any atom is 0.156 e. The molecule has 5 nitrogen and oxygen atoms in total. The molecule has 0 aliphatic rings. The second-order valence-electron chi connectivity index (χ2n) is 3.49. The van der Waals surface area contributed by atoms with Crippen LogP contribution in [-0.4, -0.2) is 41.6 Å². The second kappa shape index (κ2) is 6.25. The van der Waals surface area contributed by atoms with Gasteiger partial charge in [0, 0.05) is 32.2 Å². The molecule has 0 aliphatic heterocycles. The summed E-state index contributed by atoms with van der Waals surface area (Å²) in [5.41, 5.74) is 0. The van der Waals surface area contributed by atoms with E-state index >= 15 is 0 Å². The molecule has 1 aromatic heterocycles. The molecule has 0 aromatic carbocycles. The standard InChI is InChI=1S/C11H21N5/c1-5-15(6-2)10-9-11(13-14-12-10)16(7-3)8-4/h9H,5-8H2,1-4H3. The van der Waals surface area contributed by atoms with Gasteiger partial charge in [-0.25, -0.2) is 0 Å².